The van der Waals surface area contributed by atoms with Crippen molar-refractivity contribution in [3.63, 3.8) is 0 Å². The number of rotatable bonds is 5. The Morgan fingerprint density at radius 1 is 1.36 bits per heavy atom. The average molecular weight is 398 g/mol. The molecule has 0 unspecified atom stereocenters. The van der Waals surface area contributed by atoms with E-state index < -0.39 is 0 Å². The van der Waals surface area contributed by atoms with Gasteiger partial charge in [-0.1, -0.05) is 36.9 Å². The molecule has 2 aromatic heterocycles. The van der Waals surface area contributed by atoms with E-state index in [0.29, 0.717) is 34.5 Å². The van der Waals surface area contributed by atoms with E-state index in [-0.39, 0.29) is 11.5 Å². The van der Waals surface area contributed by atoms with Gasteiger partial charge in [0.05, 0.1) is 16.7 Å². The van der Waals surface area contributed by atoms with E-state index in [4.69, 9.17) is 0 Å². The van der Waals surface area contributed by atoms with Gasteiger partial charge >= 0.3 is 0 Å². The number of allylic oxidation sites excluding steroid dienone is 1. The van der Waals surface area contributed by atoms with Crippen molar-refractivity contribution in [2.75, 3.05) is 18.8 Å². The quantitative estimate of drug-likeness (QED) is 0.489. The molecule has 3 heterocycles. The molecule has 1 atom stereocenters. The fraction of sp³-hybridized carbons (Fsp3) is 0.400. The molecule has 0 radical (unpaired) electrons. The van der Waals surface area contributed by atoms with Crippen LogP contribution in [0, 0.1) is 5.92 Å². The number of likely N-dealkylation sites (tertiary alicyclic amines) is 1. The van der Waals surface area contributed by atoms with Crippen LogP contribution in [0.15, 0.2) is 46.9 Å². The molecule has 1 fully saturated rings. The fourth-order valence-corrected chi connectivity index (χ4v) is 4.60. The van der Waals surface area contributed by atoms with E-state index in [1.165, 1.54) is 18.2 Å². The summed E-state index contributed by atoms with van der Waals surface area (Å²) in [5.74, 6) is 1.44. The van der Waals surface area contributed by atoms with Crippen LogP contribution in [0.1, 0.15) is 19.8 Å². The minimum Gasteiger partial charge on any atom is -0.342 e. The van der Waals surface area contributed by atoms with Crippen LogP contribution < -0.4 is 5.56 Å². The number of nitrogens with zero attached hydrogens (tertiary/aromatic N) is 5. The predicted octanol–water partition coefficient (Wildman–Crippen LogP) is 2.58. The Hall–Kier alpha value is -2.61. The number of aromatic nitrogens is 4. The monoisotopic (exact) mass is 397 g/mol. The number of amides is 1. The SMILES string of the molecule is C=CCn1c(=O)c2ccccc2n2c(SCC(=O)N3CCC[C@@H](C)C3)nnc12. The van der Waals surface area contributed by atoms with Gasteiger partial charge in [0.25, 0.3) is 5.56 Å². The number of hydrogen-bond acceptors (Lipinski definition) is 5. The van der Waals surface area contributed by atoms with Gasteiger partial charge < -0.3 is 4.90 Å². The lowest BCUT2D eigenvalue weighted by Gasteiger charge is -2.30. The van der Waals surface area contributed by atoms with Crippen molar-refractivity contribution in [1.82, 2.24) is 24.1 Å². The van der Waals surface area contributed by atoms with E-state index in [1.807, 2.05) is 27.5 Å². The van der Waals surface area contributed by atoms with Gasteiger partial charge in [-0.15, -0.1) is 16.8 Å². The van der Waals surface area contributed by atoms with E-state index in [0.717, 1.165) is 25.0 Å². The molecule has 0 bridgehead atoms. The normalized spacial score (nSPS) is 17.3. The van der Waals surface area contributed by atoms with Gasteiger partial charge in [0.15, 0.2) is 5.16 Å². The third kappa shape index (κ3) is 3.32. The number of thioether (sulfide) groups is 1. The molecule has 7 nitrogen and oxygen atoms in total. The highest BCUT2D eigenvalue weighted by atomic mass is 32.2. The Balaban J connectivity index is 1.69. The summed E-state index contributed by atoms with van der Waals surface area (Å²) < 4.78 is 3.41. The third-order valence-electron chi connectivity index (χ3n) is 5.12. The van der Waals surface area contributed by atoms with Gasteiger partial charge in [0, 0.05) is 19.6 Å². The summed E-state index contributed by atoms with van der Waals surface area (Å²) in [6.45, 7) is 7.91. The number of hydrogen-bond donors (Lipinski definition) is 0. The maximum atomic E-state index is 12.8. The third-order valence-corrected chi connectivity index (χ3v) is 6.04. The number of carbonyl (C=O) groups is 1. The molecule has 1 aliphatic rings. The molecule has 146 valence electrons. The Kier molecular flexibility index (Phi) is 5.21. The van der Waals surface area contributed by atoms with Gasteiger partial charge in [-0.25, -0.2) is 0 Å². The molecule has 1 aromatic carbocycles. The molecule has 0 N–H and O–H groups in total. The van der Waals surface area contributed by atoms with Gasteiger partial charge in [-0.3, -0.25) is 18.6 Å². The molecule has 1 saturated heterocycles. The van der Waals surface area contributed by atoms with Crippen molar-refractivity contribution in [3.8, 4) is 0 Å². The lowest BCUT2D eigenvalue weighted by molar-refractivity contribution is -0.130. The van der Waals surface area contributed by atoms with Crippen LogP contribution in [0.3, 0.4) is 0 Å². The summed E-state index contributed by atoms with van der Waals surface area (Å²) in [5.41, 5.74) is 0.625. The van der Waals surface area contributed by atoms with Crippen molar-refractivity contribution >= 4 is 34.3 Å². The fourth-order valence-electron chi connectivity index (χ4n) is 3.75. The molecule has 4 rings (SSSR count). The lowest BCUT2D eigenvalue weighted by Crippen LogP contribution is -2.40. The number of para-hydroxylation sites is 1. The van der Waals surface area contributed by atoms with Crippen molar-refractivity contribution in [1.29, 1.82) is 0 Å². The Morgan fingerprint density at radius 3 is 2.96 bits per heavy atom. The van der Waals surface area contributed by atoms with Gasteiger partial charge in [-0.05, 0) is 30.9 Å². The number of fused-ring (bicyclic) bond motifs is 3. The maximum Gasteiger partial charge on any atom is 0.263 e. The zero-order chi connectivity index (χ0) is 19.7. The Bertz CT molecular complexity index is 1100. The average Bonchev–Trinajstić information content (AvgIpc) is 3.13. The van der Waals surface area contributed by atoms with Crippen molar-refractivity contribution in [2.24, 2.45) is 5.92 Å². The zero-order valence-electron chi connectivity index (χ0n) is 15.9. The number of piperidine rings is 1. The highest BCUT2D eigenvalue weighted by Crippen LogP contribution is 2.23. The molecule has 8 heteroatoms. The molecule has 0 spiro atoms. The highest BCUT2D eigenvalue weighted by Gasteiger charge is 2.22. The zero-order valence-corrected chi connectivity index (χ0v) is 16.7. The van der Waals surface area contributed by atoms with Gasteiger partial charge in [0.1, 0.15) is 0 Å². The number of benzene rings is 1. The van der Waals surface area contributed by atoms with Gasteiger partial charge in [-0.2, -0.15) is 0 Å². The summed E-state index contributed by atoms with van der Waals surface area (Å²) in [4.78, 5) is 27.4. The Labute approximate surface area is 167 Å². The molecule has 3 aromatic rings. The first kappa shape index (κ1) is 18.7. The molecule has 0 saturated carbocycles. The Morgan fingerprint density at radius 2 is 2.18 bits per heavy atom. The smallest absolute Gasteiger partial charge is 0.263 e. The summed E-state index contributed by atoms with van der Waals surface area (Å²) in [5, 5.41) is 9.71. The van der Waals surface area contributed by atoms with E-state index >= 15 is 0 Å². The van der Waals surface area contributed by atoms with E-state index in [2.05, 4.69) is 23.7 Å². The second kappa shape index (κ2) is 7.79. The van der Waals surface area contributed by atoms with Crippen LogP contribution in [-0.4, -0.2) is 48.8 Å². The summed E-state index contributed by atoms with van der Waals surface area (Å²) >= 11 is 1.36. The first-order chi connectivity index (χ1) is 13.6. The molecule has 1 amide bonds. The van der Waals surface area contributed by atoms with Crippen LogP contribution in [-0.2, 0) is 11.3 Å². The van der Waals surface area contributed by atoms with Crippen LogP contribution >= 0.6 is 11.8 Å². The van der Waals surface area contributed by atoms with Crippen LogP contribution in [0.5, 0.6) is 0 Å². The van der Waals surface area contributed by atoms with Crippen LogP contribution in [0.2, 0.25) is 0 Å². The van der Waals surface area contributed by atoms with Crippen molar-refractivity contribution < 1.29 is 4.79 Å². The molecule has 1 aliphatic heterocycles. The highest BCUT2D eigenvalue weighted by molar-refractivity contribution is 7.99. The molecular formula is C20H23N5O2S. The predicted molar refractivity (Wildman–Crippen MR) is 111 cm³/mol. The van der Waals surface area contributed by atoms with Crippen LogP contribution in [0.4, 0.5) is 0 Å². The summed E-state index contributed by atoms with van der Waals surface area (Å²) in [6, 6.07) is 7.40. The first-order valence-electron chi connectivity index (χ1n) is 9.48. The molecule has 0 aliphatic carbocycles. The minimum absolute atomic E-state index is 0.120. The largest absolute Gasteiger partial charge is 0.342 e. The first-order valence-corrected chi connectivity index (χ1v) is 10.5. The lowest BCUT2D eigenvalue weighted by atomic mass is 10.0. The van der Waals surface area contributed by atoms with Crippen LogP contribution in [0.25, 0.3) is 16.7 Å². The van der Waals surface area contributed by atoms with E-state index in [1.54, 1.807) is 16.7 Å². The van der Waals surface area contributed by atoms with Gasteiger partial charge in [0.2, 0.25) is 11.7 Å². The summed E-state index contributed by atoms with van der Waals surface area (Å²) in [7, 11) is 0. The van der Waals surface area contributed by atoms with E-state index in [9.17, 15) is 9.59 Å². The molecular weight excluding hydrogens is 374 g/mol. The topological polar surface area (TPSA) is 72.5 Å². The standard InChI is InChI=1S/C20H23N5O2S/c1-3-10-24-18(27)15-8-4-5-9-16(15)25-19(24)21-22-20(25)28-13-17(26)23-11-6-7-14(2)12-23/h3-5,8-9,14H,1,6-7,10-13H2,2H3/t14-/m1/s1. The second-order valence-corrected chi connectivity index (χ2v) is 8.16. The summed E-state index contributed by atoms with van der Waals surface area (Å²) in [6.07, 6.45) is 3.90. The van der Waals surface area contributed by atoms with Crippen molar-refractivity contribution in [2.45, 2.75) is 31.5 Å². The molecule has 28 heavy (non-hydrogen) atoms. The minimum atomic E-state index is -0.120. The maximum absolute atomic E-state index is 12.8. The second-order valence-electron chi connectivity index (χ2n) is 7.22. The number of carbonyl (C=O) groups excluding carboxylic acids is 1. The van der Waals surface area contributed by atoms with Crippen molar-refractivity contribution in [3.05, 3.63) is 47.3 Å².